The Morgan fingerprint density at radius 3 is 2.42 bits per heavy atom. The smallest absolute Gasteiger partial charge is 0.0577 e. The van der Waals surface area contributed by atoms with Crippen molar-refractivity contribution in [1.29, 1.82) is 0 Å². The van der Waals surface area contributed by atoms with Crippen LogP contribution in [0.4, 0.5) is 0 Å². The average Bonchev–Trinajstić information content (AvgIpc) is 2.68. The quantitative estimate of drug-likeness (QED) is 0.597. The number of ether oxygens (including phenoxy) is 1. The van der Waals surface area contributed by atoms with Crippen LogP contribution in [0, 0.1) is 23.7 Å². The molecule has 0 radical (unpaired) electrons. The maximum Gasteiger partial charge on any atom is 0.0577 e. The highest BCUT2D eigenvalue weighted by atomic mass is 16.5. The zero-order valence-corrected chi connectivity index (χ0v) is 17.0. The van der Waals surface area contributed by atoms with Gasteiger partial charge in [0.1, 0.15) is 0 Å². The molecule has 0 N–H and O–H groups in total. The van der Waals surface area contributed by atoms with E-state index in [4.69, 9.17) is 4.74 Å². The van der Waals surface area contributed by atoms with Crippen LogP contribution in [0.3, 0.4) is 0 Å². The molecule has 0 heterocycles. The summed E-state index contributed by atoms with van der Waals surface area (Å²) < 4.78 is 5.94. The van der Waals surface area contributed by atoms with Gasteiger partial charge in [-0.05, 0) is 111 Å². The Bertz CT molecular complexity index is 592. The number of rotatable bonds is 5. The summed E-state index contributed by atoms with van der Waals surface area (Å²) in [5, 5.41) is 0. The summed E-state index contributed by atoms with van der Waals surface area (Å²) in [4.78, 5) is 0. The fourth-order valence-electron chi connectivity index (χ4n) is 6.38. The van der Waals surface area contributed by atoms with E-state index in [0.29, 0.717) is 6.10 Å². The molecule has 0 bridgehead atoms. The molecule has 144 valence electrons. The van der Waals surface area contributed by atoms with Gasteiger partial charge in [-0.2, -0.15) is 0 Å². The molecule has 1 nitrogen and oxygen atoms in total. The highest BCUT2D eigenvalue weighted by Crippen LogP contribution is 2.47. The maximum atomic E-state index is 5.94. The summed E-state index contributed by atoms with van der Waals surface area (Å²) in [6.45, 7) is 5.33. The molecule has 1 heteroatoms. The van der Waals surface area contributed by atoms with E-state index in [-0.39, 0.29) is 0 Å². The second-order valence-electron chi connectivity index (χ2n) is 9.34. The first-order chi connectivity index (χ1) is 12.8. The zero-order valence-electron chi connectivity index (χ0n) is 17.0. The topological polar surface area (TPSA) is 9.23 Å². The van der Waals surface area contributed by atoms with E-state index < -0.39 is 0 Å². The second-order valence-corrected chi connectivity index (χ2v) is 9.34. The standard InChI is InChI=1S/C25H38O/c1-3-5-18-6-7-20-15-21(9-8-19(20)14-18)22-10-11-24-17-25(26-4-2)13-12-23(24)16-22/h6-7,14,21-25H,3-5,8-13,15-17H2,1-2H3/t21?,22?,23-,24?,25-/m1/s1. The lowest BCUT2D eigenvalue weighted by atomic mass is 9.62. The number of benzene rings is 1. The second kappa shape index (κ2) is 8.46. The third-order valence-electron chi connectivity index (χ3n) is 7.75. The normalized spacial score (nSPS) is 34.2. The molecule has 0 spiro atoms. The molecule has 26 heavy (non-hydrogen) atoms. The zero-order chi connectivity index (χ0) is 17.9. The molecule has 3 aliphatic carbocycles. The minimum absolute atomic E-state index is 0.566. The number of hydrogen-bond acceptors (Lipinski definition) is 1. The molecule has 1 aromatic carbocycles. The van der Waals surface area contributed by atoms with E-state index in [2.05, 4.69) is 32.0 Å². The Kier molecular flexibility index (Phi) is 6.03. The van der Waals surface area contributed by atoms with Gasteiger partial charge in [-0.25, -0.2) is 0 Å². The first-order valence-electron chi connectivity index (χ1n) is 11.5. The number of hydrogen-bond donors (Lipinski definition) is 0. The molecule has 2 saturated carbocycles. The predicted octanol–water partition coefficient (Wildman–Crippen LogP) is 6.37. The van der Waals surface area contributed by atoms with E-state index in [1.807, 2.05) is 0 Å². The van der Waals surface area contributed by atoms with Gasteiger partial charge < -0.3 is 4.74 Å². The van der Waals surface area contributed by atoms with Crippen LogP contribution in [0.5, 0.6) is 0 Å². The van der Waals surface area contributed by atoms with Gasteiger partial charge in [0.2, 0.25) is 0 Å². The van der Waals surface area contributed by atoms with Crippen LogP contribution in [-0.4, -0.2) is 12.7 Å². The summed E-state index contributed by atoms with van der Waals surface area (Å²) in [5.74, 6) is 3.90. The first kappa shape index (κ1) is 18.5. The van der Waals surface area contributed by atoms with Crippen molar-refractivity contribution in [2.24, 2.45) is 23.7 Å². The van der Waals surface area contributed by atoms with Gasteiger partial charge in [-0.1, -0.05) is 31.5 Å². The van der Waals surface area contributed by atoms with Crippen LogP contribution < -0.4 is 0 Å². The Morgan fingerprint density at radius 1 is 0.846 bits per heavy atom. The van der Waals surface area contributed by atoms with Crippen LogP contribution in [0.2, 0.25) is 0 Å². The molecule has 5 atom stereocenters. The van der Waals surface area contributed by atoms with Crippen molar-refractivity contribution in [1.82, 2.24) is 0 Å². The minimum atomic E-state index is 0.566. The van der Waals surface area contributed by atoms with Gasteiger partial charge in [-0.15, -0.1) is 0 Å². The molecular weight excluding hydrogens is 316 g/mol. The van der Waals surface area contributed by atoms with Crippen molar-refractivity contribution in [3.63, 3.8) is 0 Å². The van der Waals surface area contributed by atoms with Crippen LogP contribution in [0.25, 0.3) is 0 Å². The SMILES string of the molecule is CCCc1ccc2c(c1)CCC(C1CCC3C[C@H](OCC)CC[C@@H]3C1)C2. The Morgan fingerprint density at radius 2 is 1.62 bits per heavy atom. The Balaban J connectivity index is 1.35. The lowest BCUT2D eigenvalue weighted by Gasteiger charge is -2.44. The van der Waals surface area contributed by atoms with E-state index in [9.17, 15) is 0 Å². The van der Waals surface area contributed by atoms with Crippen molar-refractivity contribution in [3.05, 3.63) is 34.9 Å². The first-order valence-corrected chi connectivity index (χ1v) is 11.5. The van der Waals surface area contributed by atoms with E-state index >= 15 is 0 Å². The molecule has 3 aliphatic rings. The summed E-state index contributed by atoms with van der Waals surface area (Å²) in [6.07, 6.45) is 15.7. The van der Waals surface area contributed by atoms with Gasteiger partial charge in [0, 0.05) is 6.61 Å². The predicted molar refractivity (Wildman–Crippen MR) is 110 cm³/mol. The molecule has 3 unspecified atom stereocenters. The Labute approximate surface area is 160 Å². The highest BCUT2D eigenvalue weighted by Gasteiger charge is 2.38. The molecular formula is C25H38O. The van der Waals surface area contributed by atoms with Crippen LogP contribution >= 0.6 is 0 Å². The largest absolute Gasteiger partial charge is 0.378 e. The number of fused-ring (bicyclic) bond motifs is 2. The Hall–Kier alpha value is -0.820. The average molecular weight is 355 g/mol. The molecule has 0 amide bonds. The third kappa shape index (κ3) is 4.03. The lowest BCUT2D eigenvalue weighted by molar-refractivity contribution is -0.0192. The highest BCUT2D eigenvalue weighted by molar-refractivity contribution is 5.34. The van der Waals surface area contributed by atoms with Crippen molar-refractivity contribution >= 4 is 0 Å². The van der Waals surface area contributed by atoms with E-state index in [1.54, 1.807) is 16.7 Å². The van der Waals surface area contributed by atoms with Gasteiger partial charge in [0.15, 0.2) is 0 Å². The monoisotopic (exact) mass is 354 g/mol. The summed E-state index contributed by atoms with van der Waals surface area (Å²) in [7, 11) is 0. The van der Waals surface area contributed by atoms with Crippen molar-refractivity contribution < 1.29 is 4.74 Å². The molecule has 1 aromatic rings. The van der Waals surface area contributed by atoms with Gasteiger partial charge >= 0.3 is 0 Å². The fraction of sp³-hybridized carbons (Fsp3) is 0.760. The number of aryl methyl sites for hydroxylation is 2. The van der Waals surface area contributed by atoms with Gasteiger partial charge in [0.25, 0.3) is 0 Å². The third-order valence-corrected chi connectivity index (χ3v) is 7.75. The minimum Gasteiger partial charge on any atom is -0.378 e. The van der Waals surface area contributed by atoms with Crippen LogP contribution in [0.15, 0.2) is 18.2 Å². The molecule has 4 rings (SSSR count). The van der Waals surface area contributed by atoms with Crippen LogP contribution in [-0.2, 0) is 24.0 Å². The van der Waals surface area contributed by atoms with Gasteiger partial charge in [-0.3, -0.25) is 0 Å². The summed E-state index contributed by atoms with van der Waals surface area (Å²) >= 11 is 0. The maximum absolute atomic E-state index is 5.94. The van der Waals surface area contributed by atoms with E-state index in [0.717, 1.165) is 30.3 Å². The molecule has 0 aromatic heterocycles. The summed E-state index contributed by atoms with van der Waals surface area (Å²) in [6, 6.07) is 7.38. The molecule has 0 saturated heterocycles. The summed E-state index contributed by atoms with van der Waals surface area (Å²) in [5.41, 5.74) is 4.89. The van der Waals surface area contributed by atoms with Crippen molar-refractivity contribution in [2.75, 3.05) is 6.61 Å². The van der Waals surface area contributed by atoms with Crippen molar-refractivity contribution in [2.45, 2.75) is 90.6 Å². The fourth-order valence-corrected chi connectivity index (χ4v) is 6.38. The van der Waals surface area contributed by atoms with Crippen molar-refractivity contribution in [3.8, 4) is 0 Å². The van der Waals surface area contributed by atoms with Crippen LogP contribution in [0.1, 0.15) is 81.9 Å². The van der Waals surface area contributed by atoms with E-state index in [1.165, 1.54) is 70.6 Å². The lowest BCUT2D eigenvalue weighted by Crippen LogP contribution is -2.37. The molecule has 0 aliphatic heterocycles. The molecule has 2 fully saturated rings. The van der Waals surface area contributed by atoms with Gasteiger partial charge in [0.05, 0.1) is 6.10 Å².